The lowest BCUT2D eigenvalue weighted by atomic mass is 9.88. The molecule has 0 bridgehead atoms. The van der Waals surface area contributed by atoms with Crippen molar-refractivity contribution in [2.75, 3.05) is 10.0 Å². The van der Waals surface area contributed by atoms with Crippen LogP contribution >= 0.6 is 11.3 Å². The molecule has 4 N–H and O–H groups in total. The number of rotatable bonds is 5. The van der Waals surface area contributed by atoms with E-state index in [1.54, 1.807) is 0 Å². The zero-order chi connectivity index (χ0) is 19.8. The van der Waals surface area contributed by atoms with Crippen molar-refractivity contribution in [1.29, 1.82) is 0 Å². The highest BCUT2D eigenvalue weighted by Gasteiger charge is 2.28. The van der Waals surface area contributed by atoms with Crippen LogP contribution in [0.4, 0.5) is 10.7 Å². The summed E-state index contributed by atoms with van der Waals surface area (Å²) in [6, 6.07) is 5.80. The monoisotopic (exact) mass is 407 g/mol. The molecule has 0 aliphatic heterocycles. The Kier molecular flexibility index (Phi) is 5.25. The number of carbonyl (C=O) groups is 2. The molecule has 1 aliphatic carbocycles. The first-order valence-corrected chi connectivity index (χ1v) is 10.8. The lowest BCUT2D eigenvalue weighted by Gasteiger charge is -2.18. The molecule has 27 heavy (non-hydrogen) atoms. The van der Waals surface area contributed by atoms with Gasteiger partial charge in [-0.3, -0.25) is 14.3 Å². The molecule has 1 aromatic heterocycles. The van der Waals surface area contributed by atoms with Crippen LogP contribution in [0.1, 0.15) is 41.1 Å². The quantitative estimate of drug-likeness (QED) is 0.706. The Hall–Kier alpha value is -2.39. The van der Waals surface area contributed by atoms with Gasteiger partial charge in [-0.05, 0) is 55.0 Å². The molecule has 0 radical (unpaired) electrons. The van der Waals surface area contributed by atoms with E-state index in [2.05, 4.69) is 17.0 Å². The number of amides is 2. The van der Waals surface area contributed by atoms with Gasteiger partial charge in [0.2, 0.25) is 5.91 Å². The average Bonchev–Trinajstić information content (AvgIpc) is 2.90. The molecule has 1 atom stereocenters. The van der Waals surface area contributed by atoms with Crippen molar-refractivity contribution in [3.63, 3.8) is 0 Å². The van der Waals surface area contributed by atoms with Crippen LogP contribution in [0.2, 0.25) is 0 Å². The fourth-order valence-corrected chi connectivity index (χ4v) is 5.91. The molecular formula is C18H21N3O4S2. The molecule has 3 rings (SSSR count). The molecule has 1 aliphatic rings. The molecule has 7 nitrogen and oxygen atoms in total. The maximum Gasteiger partial charge on any atom is 0.262 e. The van der Waals surface area contributed by atoms with Crippen LogP contribution in [0.15, 0.2) is 29.2 Å². The number of thiophene rings is 1. The number of sulfonamides is 1. The van der Waals surface area contributed by atoms with Crippen LogP contribution < -0.4 is 15.8 Å². The summed E-state index contributed by atoms with van der Waals surface area (Å²) in [5.74, 6) is -0.378. The van der Waals surface area contributed by atoms with E-state index in [4.69, 9.17) is 5.73 Å². The number of primary amides is 1. The van der Waals surface area contributed by atoms with Gasteiger partial charge in [-0.2, -0.15) is 0 Å². The molecule has 2 aromatic rings. The topological polar surface area (TPSA) is 118 Å². The van der Waals surface area contributed by atoms with E-state index in [1.165, 1.54) is 42.5 Å². The van der Waals surface area contributed by atoms with Gasteiger partial charge in [0.15, 0.2) is 0 Å². The predicted molar refractivity (Wildman–Crippen MR) is 106 cm³/mol. The Bertz CT molecular complexity index is 994. The van der Waals surface area contributed by atoms with Crippen molar-refractivity contribution in [3.05, 3.63) is 40.3 Å². The molecule has 2 amide bonds. The van der Waals surface area contributed by atoms with Crippen LogP contribution in [-0.4, -0.2) is 20.2 Å². The number of nitrogens with one attached hydrogen (secondary N) is 2. The van der Waals surface area contributed by atoms with Crippen molar-refractivity contribution in [1.82, 2.24) is 0 Å². The van der Waals surface area contributed by atoms with Gasteiger partial charge in [0.1, 0.15) is 5.00 Å². The van der Waals surface area contributed by atoms with E-state index in [-0.39, 0.29) is 21.4 Å². The minimum atomic E-state index is -3.89. The van der Waals surface area contributed by atoms with Gasteiger partial charge in [-0.15, -0.1) is 11.3 Å². The van der Waals surface area contributed by atoms with Crippen molar-refractivity contribution in [2.45, 2.75) is 38.0 Å². The fourth-order valence-electron chi connectivity index (χ4n) is 3.18. The Morgan fingerprint density at radius 2 is 1.89 bits per heavy atom. The van der Waals surface area contributed by atoms with Gasteiger partial charge >= 0.3 is 0 Å². The van der Waals surface area contributed by atoms with Gasteiger partial charge in [0.05, 0.1) is 10.5 Å². The number of nitrogens with two attached hydrogens (primary N) is 1. The van der Waals surface area contributed by atoms with Crippen LogP contribution in [0.5, 0.6) is 0 Å². The number of fused-ring (bicyclic) bond motifs is 1. The first-order chi connectivity index (χ1) is 12.7. The van der Waals surface area contributed by atoms with Crippen molar-refractivity contribution in [2.24, 2.45) is 11.7 Å². The van der Waals surface area contributed by atoms with Crippen LogP contribution in [0.3, 0.4) is 0 Å². The maximum absolute atomic E-state index is 12.7. The molecule has 0 saturated heterocycles. The minimum absolute atomic E-state index is 0.0340. The van der Waals surface area contributed by atoms with Crippen LogP contribution in [-0.2, 0) is 27.7 Å². The molecule has 1 heterocycles. The highest BCUT2D eigenvalue weighted by atomic mass is 32.2. The molecular weight excluding hydrogens is 386 g/mol. The van der Waals surface area contributed by atoms with E-state index in [0.717, 1.165) is 29.7 Å². The second-order valence-corrected chi connectivity index (χ2v) is 9.52. The standard InChI is InChI=1S/C18H21N3O4S2/c1-10-3-8-14-15(9-10)26-18(16(14)17(19)23)21-27(24,25)13-6-4-12(5-7-13)20-11(2)22/h4-7,10,21H,3,8-9H2,1-2H3,(H2,19,23)(H,20,22). The Balaban J connectivity index is 1.92. The highest BCUT2D eigenvalue weighted by molar-refractivity contribution is 7.93. The van der Waals surface area contributed by atoms with Crippen molar-refractivity contribution < 1.29 is 18.0 Å². The lowest BCUT2D eigenvalue weighted by Crippen LogP contribution is -2.19. The SMILES string of the molecule is CC(=O)Nc1ccc(S(=O)(=O)Nc2sc3c(c2C(N)=O)CCC(C)C3)cc1. The van der Waals surface area contributed by atoms with Crippen molar-refractivity contribution >= 4 is 43.9 Å². The summed E-state index contributed by atoms with van der Waals surface area (Å²) in [5.41, 5.74) is 7.18. The van der Waals surface area contributed by atoms with Gasteiger partial charge in [0.25, 0.3) is 15.9 Å². The summed E-state index contributed by atoms with van der Waals surface area (Å²) in [6.07, 6.45) is 2.48. The lowest BCUT2D eigenvalue weighted by molar-refractivity contribution is -0.114. The van der Waals surface area contributed by atoms with Crippen molar-refractivity contribution in [3.8, 4) is 0 Å². The zero-order valence-electron chi connectivity index (χ0n) is 15.0. The van der Waals surface area contributed by atoms with Crippen LogP contribution in [0, 0.1) is 5.92 Å². The Labute approximate surface area is 162 Å². The molecule has 0 spiro atoms. The molecule has 144 valence electrons. The molecule has 0 fully saturated rings. The Morgan fingerprint density at radius 1 is 1.22 bits per heavy atom. The van der Waals surface area contributed by atoms with Gasteiger partial charge in [0, 0.05) is 17.5 Å². The summed E-state index contributed by atoms with van der Waals surface area (Å²) in [4.78, 5) is 24.1. The summed E-state index contributed by atoms with van der Waals surface area (Å²) in [6.45, 7) is 3.50. The minimum Gasteiger partial charge on any atom is -0.365 e. The summed E-state index contributed by atoms with van der Waals surface area (Å²) in [5, 5.41) is 2.85. The summed E-state index contributed by atoms with van der Waals surface area (Å²) < 4.78 is 28.0. The summed E-state index contributed by atoms with van der Waals surface area (Å²) in [7, 11) is -3.89. The molecule has 0 saturated carbocycles. The maximum atomic E-state index is 12.7. The zero-order valence-corrected chi connectivity index (χ0v) is 16.7. The second kappa shape index (κ2) is 7.32. The third kappa shape index (κ3) is 4.14. The predicted octanol–water partition coefficient (Wildman–Crippen LogP) is 2.73. The van der Waals surface area contributed by atoms with Crippen LogP contribution in [0.25, 0.3) is 0 Å². The van der Waals surface area contributed by atoms with E-state index in [9.17, 15) is 18.0 Å². The summed E-state index contributed by atoms with van der Waals surface area (Å²) >= 11 is 1.28. The van der Waals surface area contributed by atoms with Gasteiger partial charge in [-0.1, -0.05) is 6.92 Å². The average molecular weight is 408 g/mol. The number of hydrogen-bond acceptors (Lipinski definition) is 5. The largest absolute Gasteiger partial charge is 0.365 e. The number of anilines is 2. The van der Waals surface area contributed by atoms with E-state index in [1.807, 2.05) is 0 Å². The van der Waals surface area contributed by atoms with E-state index in [0.29, 0.717) is 11.6 Å². The highest BCUT2D eigenvalue weighted by Crippen LogP contribution is 2.40. The third-order valence-electron chi connectivity index (χ3n) is 4.47. The first kappa shape index (κ1) is 19.4. The third-order valence-corrected chi connectivity index (χ3v) is 7.13. The smallest absolute Gasteiger partial charge is 0.262 e. The Morgan fingerprint density at radius 3 is 2.48 bits per heavy atom. The second-order valence-electron chi connectivity index (χ2n) is 6.73. The number of benzene rings is 1. The molecule has 1 unspecified atom stereocenters. The molecule has 9 heteroatoms. The molecule has 1 aromatic carbocycles. The van der Waals surface area contributed by atoms with Gasteiger partial charge in [-0.25, -0.2) is 8.42 Å². The number of hydrogen-bond donors (Lipinski definition) is 3. The number of carbonyl (C=O) groups excluding carboxylic acids is 2. The van der Waals surface area contributed by atoms with Gasteiger partial charge < -0.3 is 11.1 Å². The van der Waals surface area contributed by atoms with E-state index >= 15 is 0 Å². The van der Waals surface area contributed by atoms with E-state index < -0.39 is 15.9 Å². The normalized spacial score (nSPS) is 16.4. The first-order valence-electron chi connectivity index (χ1n) is 8.52. The fraction of sp³-hybridized carbons (Fsp3) is 0.333.